The molecule has 4 rings (SSSR count). The minimum absolute atomic E-state index is 0.210. The Morgan fingerprint density at radius 1 is 1.19 bits per heavy atom. The van der Waals surface area contributed by atoms with Crippen molar-refractivity contribution in [2.75, 3.05) is 11.1 Å². The van der Waals surface area contributed by atoms with Gasteiger partial charge in [0.05, 0.1) is 5.69 Å². The number of benzene rings is 1. The highest BCUT2D eigenvalue weighted by Gasteiger charge is 2.27. The van der Waals surface area contributed by atoms with Gasteiger partial charge in [0, 0.05) is 29.6 Å². The zero-order chi connectivity index (χ0) is 18.1. The lowest BCUT2D eigenvalue weighted by Gasteiger charge is -2.09. The molecular formula is C19H18N6O. The number of nitrogens with one attached hydrogen (secondary N) is 1. The summed E-state index contributed by atoms with van der Waals surface area (Å²) in [4.78, 5) is 29.6. The van der Waals surface area contributed by atoms with Crippen LogP contribution in [-0.4, -0.2) is 25.8 Å². The molecule has 0 atom stereocenters. The van der Waals surface area contributed by atoms with Crippen LogP contribution in [0, 0.1) is 6.92 Å². The van der Waals surface area contributed by atoms with Crippen molar-refractivity contribution in [3.05, 3.63) is 59.9 Å². The van der Waals surface area contributed by atoms with E-state index in [0.717, 1.165) is 29.9 Å². The number of carbonyl (C=O) groups is 1. The van der Waals surface area contributed by atoms with E-state index in [4.69, 9.17) is 5.73 Å². The SMILES string of the molecule is Cc1nccc(-c2cccc(NC(=O)c3cnc(C4CC4)nc3N)c2)n1. The predicted molar refractivity (Wildman–Crippen MR) is 98.6 cm³/mol. The predicted octanol–water partition coefficient (Wildman–Crippen LogP) is 2.95. The third-order valence-corrected chi connectivity index (χ3v) is 4.22. The second kappa shape index (κ2) is 6.51. The maximum absolute atomic E-state index is 12.5. The highest BCUT2D eigenvalue weighted by atomic mass is 16.1. The molecule has 1 aliphatic rings. The summed E-state index contributed by atoms with van der Waals surface area (Å²) in [6.45, 7) is 1.84. The lowest BCUT2D eigenvalue weighted by Crippen LogP contribution is -2.16. The number of carbonyl (C=O) groups excluding carboxylic acids is 1. The molecule has 1 fully saturated rings. The molecule has 3 N–H and O–H groups in total. The number of hydrogen-bond donors (Lipinski definition) is 2. The third kappa shape index (κ3) is 3.37. The molecule has 1 saturated carbocycles. The highest BCUT2D eigenvalue weighted by Crippen LogP contribution is 2.38. The van der Waals surface area contributed by atoms with Crippen LogP contribution in [0.5, 0.6) is 0 Å². The van der Waals surface area contributed by atoms with Crippen LogP contribution in [0.1, 0.15) is 40.8 Å². The number of nitrogens with zero attached hydrogens (tertiary/aromatic N) is 4. The molecule has 2 aromatic heterocycles. The van der Waals surface area contributed by atoms with Gasteiger partial charge in [0.1, 0.15) is 23.0 Å². The number of aromatic nitrogens is 4. The first-order valence-corrected chi connectivity index (χ1v) is 8.44. The summed E-state index contributed by atoms with van der Waals surface area (Å²) in [5.41, 5.74) is 8.56. The van der Waals surface area contributed by atoms with Crippen LogP contribution in [0.15, 0.2) is 42.7 Å². The summed E-state index contributed by atoms with van der Waals surface area (Å²) >= 11 is 0. The molecule has 7 nitrogen and oxygen atoms in total. The molecule has 0 aliphatic heterocycles. The van der Waals surface area contributed by atoms with Gasteiger partial charge in [-0.05, 0) is 38.0 Å². The van der Waals surface area contributed by atoms with Crippen LogP contribution in [0.3, 0.4) is 0 Å². The summed E-state index contributed by atoms with van der Waals surface area (Å²) in [5, 5.41) is 2.85. The summed E-state index contributed by atoms with van der Waals surface area (Å²) in [7, 11) is 0. The maximum Gasteiger partial charge on any atom is 0.260 e. The second-order valence-electron chi connectivity index (χ2n) is 6.33. The van der Waals surface area contributed by atoms with E-state index in [0.29, 0.717) is 17.4 Å². The molecule has 7 heteroatoms. The maximum atomic E-state index is 12.5. The Morgan fingerprint density at radius 2 is 2.04 bits per heavy atom. The van der Waals surface area contributed by atoms with Gasteiger partial charge in [-0.1, -0.05) is 12.1 Å². The van der Waals surface area contributed by atoms with Crippen molar-refractivity contribution < 1.29 is 4.79 Å². The Labute approximate surface area is 150 Å². The fourth-order valence-electron chi connectivity index (χ4n) is 2.69. The van der Waals surface area contributed by atoms with E-state index in [1.54, 1.807) is 6.20 Å². The van der Waals surface area contributed by atoms with E-state index < -0.39 is 0 Å². The van der Waals surface area contributed by atoms with Crippen molar-refractivity contribution in [3.8, 4) is 11.3 Å². The molecule has 26 heavy (non-hydrogen) atoms. The minimum atomic E-state index is -0.333. The Hall–Kier alpha value is -3.35. The van der Waals surface area contributed by atoms with E-state index >= 15 is 0 Å². The molecule has 3 aromatic rings. The smallest absolute Gasteiger partial charge is 0.260 e. The molecule has 0 saturated heterocycles. The number of anilines is 2. The van der Waals surface area contributed by atoms with Crippen LogP contribution >= 0.6 is 0 Å². The van der Waals surface area contributed by atoms with Gasteiger partial charge >= 0.3 is 0 Å². The topological polar surface area (TPSA) is 107 Å². The van der Waals surface area contributed by atoms with Crippen LogP contribution in [0.25, 0.3) is 11.3 Å². The first kappa shape index (κ1) is 16.1. The van der Waals surface area contributed by atoms with E-state index in [1.807, 2.05) is 37.3 Å². The molecular weight excluding hydrogens is 328 g/mol. The molecule has 130 valence electrons. The van der Waals surface area contributed by atoms with Gasteiger partial charge in [-0.15, -0.1) is 0 Å². The Morgan fingerprint density at radius 3 is 2.77 bits per heavy atom. The average Bonchev–Trinajstić information content (AvgIpc) is 3.47. The first-order chi connectivity index (χ1) is 12.6. The Bertz CT molecular complexity index is 983. The summed E-state index contributed by atoms with van der Waals surface area (Å²) in [6.07, 6.45) is 5.38. The van der Waals surface area contributed by atoms with Crippen molar-refractivity contribution in [1.29, 1.82) is 0 Å². The monoisotopic (exact) mass is 346 g/mol. The standard InChI is InChI=1S/C19H18N6O/c1-11-21-8-7-16(23-11)13-3-2-4-14(9-13)24-19(26)15-10-22-18(12-5-6-12)25-17(15)20/h2-4,7-10,12H,5-6H2,1H3,(H,24,26)(H2,20,22,25). The molecule has 1 aromatic carbocycles. The van der Waals surface area contributed by atoms with Crippen molar-refractivity contribution in [1.82, 2.24) is 19.9 Å². The number of hydrogen-bond acceptors (Lipinski definition) is 6. The number of amides is 1. The highest BCUT2D eigenvalue weighted by molar-refractivity contribution is 6.07. The van der Waals surface area contributed by atoms with Crippen LogP contribution in [0.2, 0.25) is 0 Å². The lowest BCUT2D eigenvalue weighted by atomic mass is 10.1. The van der Waals surface area contributed by atoms with Gasteiger partial charge in [0.25, 0.3) is 5.91 Å². The van der Waals surface area contributed by atoms with Gasteiger partial charge in [-0.25, -0.2) is 19.9 Å². The summed E-state index contributed by atoms with van der Waals surface area (Å²) in [5.74, 6) is 1.68. The molecule has 1 aliphatic carbocycles. The van der Waals surface area contributed by atoms with Crippen molar-refractivity contribution in [3.63, 3.8) is 0 Å². The summed E-state index contributed by atoms with van der Waals surface area (Å²) < 4.78 is 0. The van der Waals surface area contributed by atoms with Crippen LogP contribution in [-0.2, 0) is 0 Å². The minimum Gasteiger partial charge on any atom is -0.383 e. The van der Waals surface area contributed by atoms with Gasteiger partial charge in [-0.2, -0.15) is 0 Å². The molecule has 0 radical (unpaired) electrons. The van der Waals surface area contributed by atoms with Gasteiger partial charge in [0.2, 0.25) is 0 Å². The molecule has 0 spiro atoms. The van der Waals surface area contributed by atoms with E-state index in [1.165, 1.54) is 6.20 Å². The lowest BCUT2D eigenvalue weighted by molar-refractivity contribution is 0.102. The normalized spacial score (nSPS) is 13.4. The van der Waals surface area contributed by atoms with E-state index in [9.17, 15) is 4.79 Å². The molecule has 0 unspecified atom stereocenters. The van der Waals surface area contributed by atoms with Crippen molar-refractivity contribution >= 4 is 17.4 Å². The third-order valence-electron chi connectivity index (χ3n) is 4.22. The average molecular weight is 346 g/mol. The largest absolute Gasteiger partial charge is 0.383 e. The summed E-state index contributed by atoms with van der Waals surface area (Å²) in [6, 6.07) is 9.29. The second-order valence-corrected chi connectivity index (χ2v) is 6.33. The van der Waals surface area contributed by atoms with E-state index in [-0.39, 0.29) is 17.3 Å². The quantitative estimate of drug-likeness (QED) is 0.752. The molecule has 1 amide bonds. The fraction of sp³-hybridized carbons (Fsp3) is 0.211. The van der Waals surface area contributed by atoms with Gasteiger partial charge in [-0.3, -0.25) is 4.79 Å². The zero-order valence-electron chi connectivity index (χ0n) is 14.3. The number of nitrogen functional groups attached to an aromatic ring is 1. The van der Waals surface area contributed by atoms with E-state index in [2.05, 4.69) is 25.3 Å². The van der Waals surface area contributed by atoms with Gasteiger partial charge < -0.3 is 11.1 Å². The van der Waals surface area contributed by atoms with Crippen LogP contribution in [0.4, 0.5) is 11.5 Å². The van der Waals surface area contributed by atoms with Crippen LogP contribution < -0.4 is 11.1 Å². The first-order valence-electron chi connectivity index (χ1n) is 8.44. The van der Waals surface area contributed by atoms with Gasteiger partial charge in [0.15, 0.2) is 0 Å². The number of aryl methyl sites for hydroxylation is 1. The van der Waals surface area contributed by atoms with Crippen molar-refractivity contribution in [2.24, 2.45) is 0 Å². The van der Waals surface area contributed by atoms with Crippen molar-refractivity contribution in [2.45, 2.75) is 25.7 Å². The fourth-order valence-corrected chi connectivity index (χ4v) is 2.69. The number of nitrogens with two attached hydrogens (primary N) is 1. The molecule has 0 bridgehead atoms. The Kier molecular flexibility index (Phi) is 4.04. The molecule has 2 heterocycles. The Balaban J connectivity index is 1.55. The number of rotatable bonds is 4. The zero-order valence-corrected chi connectivity index (χ0v) is 14.3.